The lowest BCUT2D eigenvalue weighted by Gasteiger charge is -2.30. The summed E-state index contributed by atoms with van der Waals surface area (Å²) in [5, 5.41) is 6.55. The zero-order valence-electron chi connectivity index (χ0n) is 16.8. The Morgan fingerprint density at radius 1 is 1.20 bits per heavy atom. The van der Waals surface area contributed by atoms with Gasteiger partial charge in [0.15, 0.2) is 11.5 Å². The molecule has 3 heterocycles. The molecule has 2 aromatic rings. The average Bonchev–Trinajstić information content (AvgIpc) is 3.42. The number of thiazole rings is 1. The molecular formula is C20H23N3O6S. The van der Waals surface area contributed by atoms with Crippen LogP contribution in [0, 0.1) is 0 Å². The fraction of sp³-hybridized carbons (Fsp3) is 0.450. The number of aromatic nitrogens is 2. The van der Waals surface area contributed by atoms with Gasteiger partial charge in [-0.3, -0.25) is 4.79 Å². The minimum atomic E-state index is -0.531. The molecule has 0 atom stereocenters. The van der Waals surface area contributed by atoms with Gasteiger partial charge < -0.3 is 18.9 Å². The topological polar surface area (TPSA) is 112 Å². The van der Waals surface area contributed by atoms with Crippen molar-refractivity contribution in [3.63, 3.8) is 0 Å². The summed E-state index contributed by atoms with van der Waals surface area (Å²) in [4.78, 5) is 41.6. The Labute approximate surface area is 177 Å². The third-order valence-electron chi connectivity index (χ3n) is 4.57. The second kappa shape index (κ2) is 10.1. The molecule has 0 bridgehead atoms. The zero-order chi connectivity index (χ0) is 21.5. The molecule has 3 rings (SSSR count). The van der Waals surface area contributed by atoms with E-state index in [1.54, 1.807) is 18.7 Å². The number of likely N-dealkylation sites (tertiary alicyclic amines) is 1. The van der Waals surface area contributed by atoms with Gasteiger partial charge in [0.1, 0.15) is 5.69 Å². The number of carbonyl (C=O) groups excluding carboxylic acids is 3. The summed E-state index contributed by atoms with van der Waals surface area (Å²) >= 11 is 1.51. The van der Waals surface area contributed by atoms with Crippen LogP contribution in [-0.2, 0) is 19.1 Å². The molecule has 2 aromatic heterocycles. The second-order valence-corrected chi connectivity index (χ2v) is 7.44. The Balaban J connectivity index is 1.56. The van der Waals surface area contributed by atoms with E-state index in [-0.39, 0.29) is 30.7 Å². The minimum absolute atomic E-state index is 0.115. The number of nitrogens with zero attached hydrogens (tertiary/aromatic N) is 3. The van der Waals surface area contributed by atoms with Crippen LogP contribution in [0.5, 0.6) is 0 Å². The molecule has 0 aliphatic carbocycles. The van der Waals surface area contributed by atoms with E-state index in [0.29, 0.717) is 24.5 Å². The molecule has 0 radical (unpaired) electrons. The molecule has 1 fully saturated rings. The van der Waals surface area contributed by atoms with Crippen molar-refractivity contribution in [3.05, 3.63) is 34.3 Å². The Bertz CT molecular complexity index is 927. The number of hydrogen-bond donors (Lipinski definition) is 0. The van der Waals surface area contributed by atoms with Gasteiger partial charge in [-0.05, 0) is 26.7 Å². The second-order valence-electron chi connectivity index (χ2n) is 6.55. The summed E-state index contributed by atoms with van der Waals surface area (Å²) in [6.45, 7) is 5.14. The van der Waals surface area contributed by atoms with Crippen molar-refractivity contribution in [1.82, 2.24) is 15.0 Å². The first-order valence-electron chi connectivity index (χ1n) is 9.75. The molecule has 0 spiro atoms. The standard InChI is InChI=1S/C20H23N3O6S/c1-3-27-18(25)6-5-17(24)23-9-7-13(8-10-23)19-21-15(12-30-19)16-11-14(22-29-16)20(26)28-4-2/h5-6,11-13H,3-4,7-10H2,1-2H3. The Morgan fingerprint density at radius 3 is 2.63 bits per heavy atom. The molecule has 0 aromatic carbocycles. The van der Waals surface area contributed by atoms with Crippen molar-refractivity contribution >= 4 is 29.2 Å². The van der Waals surface area contributed by atoms with E-state index in [4.69, 9.17) is 14.0 Å². The van der Waals surface area contributed by atoms with E-state index in [1.165, 1.54) is 23.5 Å². The number of piperidine rings is 1. The van der Waals surface area contributed by atoms with Crippen LogP contribution in [0.3, 0.4) is 0 Å². The maximum Gasteiger partial charge on any atom is 0.360 e. The van der Waals surface area contributed by atoms with Gasteiger partial charge in [0.25, 0.3) is 0 Å². The van der Waals surface area contributed by atoms with Gasteiger partial charge in [0.05, 0.1) is 18.2 Å². The molecule has 160 valence electrons. The van der Waals surface area contributed by atoms with Gasteiger partial charge in [-0.2, -0.15) is 0 Å². The summed E-state index contributed by atoms with van der Waals surface area (Å²) in [7, 11) is 0. The first-order valence-corrected chi connectivity index (χ1v) is 10.6. The lowest BCUT2D eigenvalue weighted by atomic mass is 9.97. The maximum atomic E-state index is 12.2. The molecule has 10 heteroatoms. The maximum absolute atomic E-state index is 12.2. The lowest BCUT2D eigenvalue weighted by molar-refractivity contribution is -0.137. The molecule has 0 unspecified atom stereocenters. The van der Waals surface area contributed by atoms with E-state index < -0.39 is 11.9 Å². The Kier molecular flexibility index (Phi) is 7.34. The molecule has 0 N–H and O–H groups in total. The van der Waals surface area contributed by atoms with Crippen LogP contribution >= 0.6 is 11.3 Å². The Hall–Kier alpha value is -3.01. The van der Waals surface area contributed by atoms with Gasteiger partial charge in [-0.15, -0.1) is 11.3 Å². The van der Waals surface area contributed by atoms with Crippen LogP contribution in [0.4, 0.5) is 0 Å². The van der Waals surface area contributed by atoms with E-state index >= 15 is 0 Å². The summed E-state index contributed by atoms with van der Waals surface area (Å²) in [6, 6.07) is 1.52. The number of hydrogen-bond acceptors (Lipinski definition) is 9. The monoisotopic (exact) mass is 433 g/mol. The summed E-state index contributed by atoms with van der Waals surface area (Å²) in [5.41, 5.74) is 0.734. The number of esters is 2. The molecule has 1 amide bonds. The predicted molar refractivity (Wildman–Crippen MR) is 108 cm³/mol. The average molecular weight is 433 g/mol. The molecule has 30 heavy (non-hydrogen) atoms. The molecule has 1 saturated heterocycles. The Morgan fingerprint density at radius 2 is 1.93 bits per heavy atom. The fourth-order valence-corrected chi connectivity index (χ4v) is 4.05. The molecule has 1 aliphatic heterocycles. The SMILES string of the molecule is CCOC(=O)C=CC(=O)N1CCC(c2nc(-c3cc(C(=O)OCC)no3)cs2)CC1. The molecule has 9 nitrogen and oxygen atoms in total. The first-order chi connectivity index (χ1) is 14.5. The van der Waals surface area contributed by atoms with Gasteiger partial charge in [0.2, 0.25) is 5.91 Å². The van der Waals surface area contributed by atoms with Crippen molar-refractivity contribution in [1.29, 1.82) is 0 Å². The van der Waals surface area contributed by atoms with E-state index in [9.17, 15) is 14.4 Å². The highest BCUT2D eigenvalue weighted by Crippen LogP contribution is 2.33. The third-order valence-corrected chi connectivity index (χ3v) is 5.58. The smallest absolute Gasteiger partial charge is 0.360 e. The third kappa shape index (κ3) is 5.32. The van der Waals surface area contributed by atoms with Crippen molar-refractivity contribution < 1.29 is 28.4 Å². The predicted octanol–water partition coefficient (Wildman–Crippen LogP) is 2.80. The fourth-order valence-electron chi connectivity index (χ4n) is 3.07. The molecule has 1 aliphatic rings. The van der Waals surface area contributed by atoms with E-state index in [1.807, 2.05) is 5.38 Å². The highest BCUT2D eigenvalue weighted by atomic mass is 32.1. The first kappa shape index (κ1) is 21.7. The van der Waals surface area contributed by atoms with Gasteiger partial charge >= 0.3 is 11.9 Å². The molecular weight excluding hydrogens is 410 g/mol. The summed E-state index contributed by atoms with van der Waals surface area (Å²) in [5.74, 6) is -0.604. The summed E-state index contributed by atoms with van der Waals surface area (Å²) in [6.07, 6.45) is 3.96. The van der Waals surface area contributed by atoms with Gasteiger partial charge in [-0.25, -0.2) is 14.6 Å². The van der Waals surface area contributed by atoms with Crippen molar-refractivity contribution in [2.75, 3.05) is 26.3 Å². The minimum Gasteiger partial charge on any atom is -0.463 e. The summed E-state index contributed by atoms with van der Waals surface area (Å²) < 4.78 is 14.9. The van der Waals surface area contributed by atoms with Crippen LogP contribution < -0.4 is 0 Å². The van der Waals surface area contributed by atoms with E-state index in [2.05, 4.69) is 10.1 Å². The van der Waals surface area contributed by atoms with Gasteiger partial charge in [-0.1, -0.05) is 5.16 Å². The van der Waals surface area contributed by atoms with Crippen LogP contribution in [0.25, 0.3) is 11.5 Å². The number of carbonyl (C=O) groups is 3. The normalized spacial score (nSPS) is 14.8. The van der Waals surface area contributed by atoms with Crippen molar-refractivity contribution in [2.24, 2.45) is 0 Å². The van der Waals surface area contributed by atoms with Crippen molar-refractivity contribution in [3.8, 4) is 11.5 Å². The van der Waals surface area contributed by atoms with Crippen LogP contribution in [0.1, 0.15) is 48.1 Å². The van der Waals surface area contributed by atoms with Crippen LogP contribution in [-0.4, -0.2) is 59.2 Å². The van der Waals surface area contributed by atoms with Crippen LogP contribution in [0.2, 0.25) is 0 Å². The van der Waals surface area contributed by atoms with Crippen molar-refractivity contribution in [2.45, 2.75) is 32.6 Å². The van der Waals surface area contributed by atoms with Crippen LogP contribution in [0.15, 0.2) is 28.1 Å². The highest BCUT2D eigenvalue weighted by Gasteiger charge is 2.26. The largest absolute Gasteiger partial charge is 0.463 e. The number of rotatable bonds is 7. The molecule has 0 saturated carbocycles. The van der Waals surface area contributed by atoms with Gasteiger partial charge in [0, 0.05) is 42.6 Å². The number of amides is 1. The highest BCUT2D eigenvalue weighted by molar-refractivity contribution is 7.10. The lowest BCUT2D eigenvalue weighted by Crippen LogP contribution is -2.37. The quantitative estimate of drug-likeness (QED) is 0.484. The van der Waals surface area contributed by atoms with E-state index in [0.717, 1.165) is 23.9 Å². The number of ether oxygens (including phenoxy) is 2. The zero-order valence-corrected chi connectivity index (χ0v) is 17.6.